The standard InChI is InChI=1S/C26H27N3O3/c1-17-7-11-20(12-8-17)29-24(30)16-15-22(25(29)19-9-13-21(32-3)14-10-19)26(31)28-23-6-4-5-18(2)27-23/h4-14,22,25H,15-16H2,1-3H3,(H,27,28,31). The highest BCUT2D eigenvalue weighted by atomic mass is 16.5. The lowest BCUT2D eigenvalue weighted by atomic mass is 9.83. The predicted molar refractivity (Wildman–Crippen MR) is 125 cm³/mol. The molecule has 6 nitrogen and oxygen atoms in total. The monoisotopic (exact) mass is 429 g/mol. The molecule has 1 aromatic heterocycles. The lowest BCUT2D eigenvalue weighted by molar-refractivity contribution is -0.125. The maximum atomic E-state index is 13.4. The van der Waals surface area contributed by atoms with Gasteiger partial charge in [0.05, 0.1) is 19.1 Å². The molecule has 0 aliphatic carbocycles. The van der Waals surface area contributed by atoms with E-state index in [0.29, 0.717) is 18.7 Å². The third kappa shape index (κ3) is 4.49. The van der Waals surface area contributed by atoms with Gasteiger partial charge in [-0.3, -0.25) is 9.59 Å². The Morgan fingerprint density at radius 2 is 1.75 bits per heavy atom. The van der Waals surface area contributed by atoms with Crippen molar-refractivity contribution in [1.82, 2.24) is 4.98 Å². The number of aryl methyl sites for hydroxylation is 2. The van der Waals surface area contributed by atoms with Crippen molar-refractivity contribution in [2.24, 2.45) is 5.92 Å². The van der Waals surface area contributed by atoms with Gasteiger partial charge >= 0.3 is 0 Å². The maximum absolute atomic E-state index is 13.4. The minimum atomic E-state index is -0.435. The van der Waals surface area contributed by atoms with Crippen molar-refractivity contribution in [2.45, 2.75) is 32.7 Å². The fourth-order valence-electron chi connectivity index (χ4n) is 4.19. The smallest absolute Gasteiger partial charge is 0.231 e. The molecule has 1 N–H and O–H groups in total. The molecule has 0 radical (unpaired) electrons. The van der Waals surface area contributed by atoms with Gasteiger partial charge in [0, 0.05) is 17.8 Å². The molecule has 2 amide bonds. The van der Waals surface area contributed by atoms with Crippen LogP contribution < -0.4 is 15.0 Å². The van der Waals surface area contributed by atoms with Gasteiger partial charge in [0.1, 0.15) is 11.6 Å². The molecule has 3 aromatic rings. The minimum Gasteiger partial charge on any atom is -0.497 e. The lowest BCUT2D eigenvalue weighted by Crippen LogP contribution is -2.47. The van der Waals surface area contributed by atoms with Crippen molar-refractivity contribution in [2.75, 3.05) is 17.3 Å². The molecule has 1 aliphatic rings. The number of rotatable bonds is 5. The number of ether oxygens (including phenoxy) is 1. The summed E-state index contributed by atoms with van der Waals surface area (Å²) >= 11 is 0. The number of carbonyl (C=O) groups is 2. The zero-order valence-electron chi connectivity index (χ0n) is 18.5. The number of aromatic nitrogens is 1. The SMILES string of the molecule is COc1ccc(C2C(C(=O)Nc3cccc(C)n3)CCC(=O)N2c2ccc(C)cc2)cc1. The number of hydrogen-bond donors (Lipinski definition) is 1. The number of hydrogen-bond acceptors (Lipinski definition) is 4. The first-order valence-corrected chi connectivity index (χ1v) is 10.7. The van der Waals surface area contributed by atoms with Crippen LogP contribution in [0.15, 0.2) is 66.7 Å². The van der Waals surface area contributed by atoms with E-state index in [1.165, 1.54) is 0 Å². The van der Waals surface area contributed by atoms with Crippen molar-refractivity contribution >= 4 is 23.3 Å². The zero-order chi connectivity index (χ0) is 22.7. The Labute approximate surface area is 188 Å². The van der Waals surface area contributed by atoms with Crippen LogP contribution in [0, 0.1) is 19.8 Å². The van der Waals surface area contributed by atoms with Crippen molar-refractivity contribution in [3.63, 3.8) is 0 Å². The number of carbonyl (C=O) groups excluding carboxylic acids is 2. The third-order valence-electron chi connectivity index (χ3n) is 5.84. The maximum Gasteiger partial charge on any atom is 0.231 e. The fourth-order valence-corrected chi connectivity index (χ4v) is 4.19. The summed E-state index contributed by atoms with van der Waals surface area (Å²) in [5.74, 6) is 0.677. The van der Waals surface area contributed by atoms with Gasteiger partial charge in [-0.25, -0.2) is 4.98 Å². The highest BCUT2D eigenvalue weighted by Gasteiger charge is 2.41. The highest BCUT2D eigenvalue weighted by molar-refractivity contribution is 6.00. The Balaban J connectivity index is 1.73. The van der Waals surface area contributed by atoms with Crippen LogP contribution in [0.2, 0.25) is 0 Å². The van der Waals surface area contributed by atoms with Crippen LogP contribution in [0.1, 0.15) is 35.7 Å². The molecule has 1 saturated heterocycles. The number of benzene rings is 2. The summed E-state index contributed by atoms with van der Waals surface area (Å²) < 4.78 is 5.30. The summed E-state index contributed by atoms with van der Waals surface area (Å²) in [5.41, 5.74) is 3.61. The Morgan fingerprint density at radius 3 is 2.41 bits per heavy atom. The topological polar surface area (TPSA) is 71.5 Å². The fraction of sp³-hybridized carbons (Fsp3) is 0.269. The summed E-state index contributed by atoms with van der Waals surface area (Å²) in [5, 5.41) is 2.96. The van der Waals surface area contributed by atoms with E-state index in [1.807, 2.05) is 74.5 Å². The van der Waals surface area contributed by atoms with E-state index in [9.17, 15) is 9.59 Å². The van der Waals surface area contributed by atoms with E-state index in [-0.39, 0.29) is 11.8 Å². The number of piperidine rings is 1. The van der Waals surface area contributed by atoms with Crippen molar-refractivity contribution < 1.29 is 14.3 Å². The zero-order valence-corrected chi connectivity index (χ0v) is 18.5. The molecule has 2 atom stereocenters. The van der Waals surface area contributed by atoms with E-state index < -0.39 is 12.0 Å². The number of nitrogens with zero attached hydrogens (tertiary/aromatic N) is 2. The van der Waals surface area contributed by atoms with Crippen LogP contribution in [-0.4, -0.2) is 23.9 Å². The lowest BCUT2D eigenvalue weighted by Gasteiger charge is -2.41. The Morgan fingerprint density at radius 1 is 1.03 bits per heavy atom. The van der Waals surface area contributed by atoms with E-state index in [4.69, 9.17) is 4.74 Å². The molecule has 2 heterocycles. The molecule has 4 rings (SSSR count). The molecule has 6 heteroatoms. The number of anilines is 2. The molecular formula is C26H27N3O3. The average molecular weight is 430 g/mol. The Bertz CT molecular complexity index is 1110. The molecule has 0 bridgehead atoms. The summed E-state index contributed by atoms with van der Waals surface area (Å²) in [7, 11) is 1.61. The number of methoxy groups -OCH3 is 1. The molecular weight excluding hydrogens is 402 g/mol. The average Bonchev–Trinajstić information content (AvgIpc) is 2.79. The molecule has 2 aromatic carbocycles. The van der Waals surface area contributed by atoms with Crippen LogP contribution in [0.3, 0.4) is 0 Å². The molecule has 32 heavy (non-hydrogen) atoms. The minimum absolute atomic E-state index is 0.00685. The van der Waals surface area contributed by atoms with Gasteiger partial charge in [-0.05, 0) is 62.2 Å². The molecule has 1 aliphatic heterocycles. The molecule has 164 valence electrons. The van der Waals surface area contributed by atoms with Gasteiger partial charge in [0.15, 0.2) is 0 Å². The molecule has 2 unspecified atom stereocenters. The third-order valence-corrected chi connectivity index (χ3v) is 5.84. The second-order valence-electron chi connectivity index (χ2n) is 8.12. The molecule has 0 spiro atoms. The van der Waals surface area contributed by atoms with Gasteiger partial charge in [-0.2, -0.15) is 0 Å². The summed E-state index contributed by atoms with van der Waals surface area (Å²) in [6, 6.07) is 20.5. The van der Waals surface area contributed by atoms with Gasteiger partial charge in [-0.1, -0.05) is 35.9 Å². The Kier molecular flexibility index (Phi) is 6.21. The van der Waals surface area contributed by atoms with Gasteiger partial charge in [-0.15, -0.1) is 0 Å². The van der Waals surface area contributed by atoms with Gasteiger partial charge in [0.2, 0.25) is 11.8 Å². The summed E-state index contributed by atoms with van der Waals surface area (Å²) in [6.07, 6.45) is 0.773. The van der Waals surface area contributed by atoms with Gasteiger partial charge in [0.25, 0.3) is 0 Å². The van der Waals surface area contributed by atoms with Crippen molar-refractivity contribution in [3.8, 4) is 5.75 Å². The normalized spacial score (nSPS) is 18.3. The largest absolute Gasteiger partial charge is 0.497 e. The van der Waals surface area contributed by atoms with Crippen molar-refractivity contribution in [1.29, 1.82) is 0 Å². The van der Waals surface area contributed by atoms with Crippen LogP contribution in [0.25, 0.3) is 0 Å². The first kappa shape index (κ1) is 21.6. The van der Waals surface area contributed by atoms with Crippen molar-refractivity contribution in [3.05, 3.63) is 83.6 Å². The number of amides is 2. The first-order chi connectivity index (χ1) is 15.5. The van der Waals surface area contributed by atoms with Crippen LogP contribution >= 0.6 is 0 Å². The quantitative estimate of drug-likeness (QED) is 0.631. The number of pyridine rings is 1. The van der Waals surface area contributed by atoms with Crippen LogP contribution in [0.5, 0.6) is 5.75 Å². The van der Waals surface area contributed by atoms with Gasteiger partial charge < -0.3 is 15.0 Å². The molecule has 1 fully saturated rings. The summed E-state index contributed by atoms with van der Waals surface area (Å²) in [6.45, 7) is 3.89. The number of nitrogens with one attached hydrogen (secondary N) is 1. The summed E-state index contributed by atoms with van der Waals surface area (Å²) in [4.78, 5) is 32.7. The first-order valence-electron chi connectivity index (χ1n) is 10.7. The predicted octanol–water partition coefficient (Wildman–Crippen LogP) is 4.83. The van der Waals surface area contributed by atoms with Crippen LogP contribution in [0.4, 0.5) is 11.5 Å². The second-order valence-corrected chi connectivity index (χ2v) is 8.12. The van der Waals surface area contributed by atoms with E-state index >= 15 is 0 Å². The Hall–Kier alpha value is -3.67. The highest BCUT2D eigenvalue weighted by Crippen LogP contribution is 2.41. The van der Waals surface area contributed by atoms with Crippen LogP contribution in [-0.2, 0) is 9.59 Å². The molecule has 0 saturated carbocycles. The van der Waals surface area contributed by atoms with E-state index in [1.54, 1.807) is 18.1 Å². The second kappa shape index (κ2) is 9.22. The van der Waals surface area contributed by atoms with E-state index in [0.717, 1.165) is 28.3 Å². The van der Waals surface area contributed by atoms with E-state index in [2.05, 4.69) is 10.3 Å².